The smallest absolute Gasteiger partial charge is 0.410 e. The van der Waals surface area contributed by atoms with Gasteiger partial charge in [0.25, 0.3) is 0 Å². The van der Waals surface area contributed by atoms with Crippen LogP contribution in [-0.4, -0.2) is 29.7 Å². The van der Waals surface area contributed by atoms with Crippen LogP contribution in [0, 0.1) is 5.41 Å². The molecule has 0 saturated carbocycles. The van der Waals surface area contributed by atoms with Gasteiger partial charge in [-0.15, -0.1) is 0 Å². The monoisotopic (exact) mass is 227 g/mol. The standard InChI is InChI=1S/C13H25NO2/c1-12(2,3)16-11(15)14-9-6-7-13(4,5)8-10-14/h6-10H2,1-5H3. The third-order valence-corrected chi connectivity index (χ3v) is 2.99. The van der Waals surface area contributed by atoms with Crippen LogP contribution in [0.5, 0.6) is 0 Å². The Morgan fingerprint density at radius 3 is 2.38 bits per heavy atom. The van der Waals surface area contributed by atoms with E-state index in [1.165, 1.54) is 6.42 Å². The van der Waals surface area contributed by atoms with E-state index < -0.39 is 0 Å². The van der Waals surface area contributed by atoms with E-state index in [9.17, 15) is 4.79 Å². The Labute approximate surface area is 99.1 Å². The number of hydrogen-bond acceptors (Lipinski definition) is 2. The van der Waals surface area contributed by atoms with Crippen LogP contribution in [-0.2, 0) is 4.74 Å². The van der Waals surface area contributed by atoms with Crippen LogP contribution in [0.3, 0.4) is 0 Å². The normalized spacial score (nSPS) is 21.4. The molecule has 0 aliphatic carbocycles. The predicted octanol–water partition coefficient (Wildman–Crippen LogP) is 3.43. The summed E-state index contributed by atoms with van der Waals surface area (Å²) >= 11 is 0. The van der Waals surface area contributed by atoms with E-state index in [0.717, 1.165) is 25.9 Å². The van der Waals surface area contributed by atoms with E-state index in [-0.39, 0.29) is 11.7 Å². The maximum absolute atomic E-state index is 11.9. The Kier molecular flexibility index (Phi) is 3.87. The van der Waals surface area contributed by atoms with E-state index in [0.29, 0.717) is 5.41 Å². The number of carbonyl (C=O) groups excluding carboxylic acids is 1. The lowest BCUT2D eigenvalue weighted by Crippen LogP contribution is -2.37. The molecule has 1 aliphatic rings. The van der Waals surface area contributed by atoms with Crippen LogP contribution in [0.25, 0.3) is 0 Å². The van der Waals surface area contributed by atoms with Crippen molar-refractivity contribution in [3.63, 3.8) is 0 Å². The summed E-state index contributed by atoms with van der Waals surface area (Å²) in [5.41, 5.74) is -0.0321. The van der Waals surface area contributed by atoms with Gasteiger partial charge >= 0.3 is 6.09 Å². The molecular weight excluding hydrogens is 202 g/mol. The van der Waals surface area contributed by atoms with Crippen molar-refractivity contribution < 1.29 is 9.53 Å². The summed E-state index contributed by atoms with van der Waals surface area (Å²) in [5.74, 6) is 0. The highest BCUT2D eigenvalue weighted by molar-refractivity contribution is 5.68. The summed E-state index contributed by atoms with van der Waals surface area (Å²) in [6.45, 7) is 11.9. The van der Waals surface area contributed by atoms with E-state index in [4.69, 9.17) is 4.74 Å². The number of ether oxygens (including phenoxy) is 1. The second-order valence-corrected chi connectivity index (χ2v) is 6.49. The Morgan fingerprint density at radius 1 is 1.19 bits per heavy atom. The molecule has 94 valence electrons. The highest BCUT2D eigenvalue weighted by Crippen LogP contribution is 2.30. The molecule has 0 bridgehead atoms. The van der Waals surface area contributed by atoms with Crippen molar-refractivity contribution in [2.45, 2.75) is 59.5 Å². The molecule has 1 saturated heterocycles. The minimum atomic E-state index is -0.390. The quantitative estimate of drug-likeness (QED) is 0.634. The molecule has 1 rings (SSSR count). The zero-order valence-electron chi connectivity index (χ0n) is 11.3. The van der Waals surface area contributed by atoms with Crippen molar-refractivity contribution in [1.29, 1.82) is 0 Å². The van der Waals surface area contributed by atoms with Gasteiger partial charge in [0, 0.05) is 13.1 Å². The van der Waals surface area contributed by atoms with E-state index >= 15 is 0 Å². The maximum atomic E-state index is 11.9. The predicted molar refractivity (Wildman–Crippen MR) is 65.4 cm³/mol. The fourth-order valence-electron chi connectivity index (χ4n) is 1.93. The summed E-state index contributed by atoms with van der Waals surface area (Å²) in [7, 11) is 0. The van der Waals surface area contributed by atoms with Crippen molar-refractivity contribution in [3.05, 3.63) is 0 Å². The molecule has 0 atom stereocenters. The largest absolute Gasteiger partial charge is 0.444 e. The second kappa shape index (κ2) is 4.64. The summed E-state index contributed by atoms with van der Waals surface area (Å²) in [4.78, 5) is 13.7. The maximum Gasteiger partial charge on any atom is 0.410 e. The molecular formula is C13H25NO2. The lowest BCUT2D eigenvalue weighted by molar-refractivity contribution is 0.0252. The summed E-state index contributed by atoms with van der Waals surface area (Å²) in [6, 6.07) is 0. The zero-order chi connectivity index (χ0) is 12.4. The number of rotatable bonds is 0. The molecule has 1 amide bonds. The molecule has 1 fully saturated rings. The fraction of sp³-hybridized carbons (Fsp3) is 0.923. The number of nitrogens with zero attached hydrogens (tertiary/aromatic N) is 1. The van der Waals surface area contributed by atoms with Crippen LogP contribution < -0.4 is 0 Å². The second-order valence-electron chi connectivity index (χ2n) is 6.49. The highest BCUT2D eigenvalue weighted by atomic mass is 16.6. The van der Waals surface area contributed by atoms with Crippen LogP contribution in [0.15, 0.2) is 0 Å². The van der Waals surface area contributed by atoms with Gasteiger partial charge in [0.1, 0.15) is 5.60 Å². The minimum absolute atomic E-state index is 0.162. The van der Waals surface area contributed by atoms with E-state index in [1.807, 2.05) is 25.7 Å². The molecule has 0 aromatic carbocycles. The molecule has 1 aliphatic heterocycles. The first-order chi connectivity index (χ1) is 7.20. The van der Waals surface area contributed by atoms with Crippen LogP contribution in [0.1, 0.15) is 53.9 Å². The average molecular weight is 227 g/mol. The average Bonchev–Trinajstić information content (AvgIpc) is 2.23. The number of carbonyl (C=O) groups is 1. The van der Waals surface area contributed by atoms with Gasteiger partial charge in [-0.1, -0.05) is 13.8 Å². The number of amides is 1. The van der Waals surface area contributed by atoms with E-state index in [1.54, 1.807) is 0 Å². The Hall–Kier alpha value is -0.730. The zero-order valence-corrected chi connectivity index (χ0v) is 11.3. The third-order valence-electron chi connectivity index (χ3n) is 2.99. The van der Waals surface area contributed by atoms with Gasteiger partial charge in [0.05, 0.1) is 0 Å². The Morgan fingerprint density at radius 2 is 1.81 bits per heavy atom. The van der Waals surface area contributed by atoms with Crippen molar-refractivity contribution in [3.8, 4) is 0 Å². The van der Waals surface area contributed by atoms with E-state index in [2.05, 4.69) is 13.8 Å². The SMILES string of the molecule is CC1(C)CCCN(C(=O)OC(C)(C)C)CC1. The van der Waals surface area contributed by atoms with Crippen LogP contribution in [0.4, 0.5) is 4.79 Å². The summed E-state index contributed by atoms with van der Waals surface area (Å²) in [6.07, 6.45) is 3.16. The lowest BCUT2D eigenvalue weighted by Gasteiger charge is -2.27. The van der Waals surface area contributed by atoms with Gasteiger partial charge in [0.15, 0.2) is 0 Å². The van der Waals surface area contributed by atoms with Crippen LogP contribution in [0.2, 0.25) is 0 Å². The molecule has 0 unspecified atom stereocenters. The van der Waals surface area contributed by atoms with Crippen molar-refractivity contribution in [2.24, 2.45) is 5.41 Å². The number of likely N-dealkylation sites (tertiary alicyclic amines) is 1. The molecule has 0 spiro atoms. The van der Waals surface area contributed by atoms with Gasteiger partial charge in [-0.2, -0.15) is 0 Å². The molecule has 16 heavy (non-hydrogen) atoms. The molecule has 0 aromatic rings. The molecule has 1 heterocycles. The minimum Gasteiger partial charge on any atom is -0.444 e. The number of hydrogen-bond donors (Lipinski definition) is 0. The Balaban J connectivity index is 2.52. The van der Waals surface area contributed by atoms with Crippen molar-refractivity contribution in [2.75, 3.05) is 13.1 Å². The lowest BCUT2D eigenvalue weighted by atomic mass is 9.85. The fourth-order valence-corrected chi connectivity index (χ4v) is 1.93. The molecule has 0 aromatic heterocycles. The summed E-state index contributed by atoms with van der Waals surface area (Å²) in [5, 5.41) is 0. The Bertz CT molecular complexity index is 253. The van der Waals surface area contributed by atoms with Crippen LogP contribution >= 0.6 is 0 Å². The van der Waals surface area contributed by atoms with Crippen molar-refractivity contribution in [1.82, 2.24) is 4.90 Å². The highest BCUT2D eigenvalue weighted by Gasteiger charge is 2.27. The molecule has 0 radical (unpaired) electrons. The summed E-state index contributed by atoms with van der Waals surface area (Å²) < 4.78 is 5.39. The van der Waals surface area contributed by atoms with Crippen molar-refractivity contribution >= 4 is 6.09 Å². The van der Waals surface area contributed by atoms with Gasteiger partial charge in [-0.25, -0.2) is 4.79 Å². The molecule has 3 nitrogen and oxygen atoms in total. The van der Waals surface area contributed by atoms with Gasteiger partial charge in [-0.05, 0) is 45.4 Å². The van der Waals surface area contributed by atoms with Gasteiger partial charge < -0.3 is 9.64 Å². The topological polar surface area (TPSA) is 29.5 Å². The van der Waals surface area contributed by atoms with Gasteiger partial charge in [-0.3, -0.25) is 0 Å². The first-order valence-corrected chi connectivity index (χ1v) is 6.18. The van der Waals surface area contributed by atoms with Gasteiger partial charge in [0.2, 0.25) is 0 Å². The molecule has 0 N–H and O–H groups in total. The third kappa shape index (κ3) is 4.42. The molecule has 3 heteroatoms. The first kappa shape index (κ1) is 13.3. The first-order valence-electron chi connectivity index (χ1n) is 6.18.